The fourth-order valence-electron chi connectivity index (χ4n) is 2.27. The Labute approximate surface area is 133 Å². The number of H-pyrrole nitrogens is 1. The molecule has 0 saturated carbocycles. The molecular formula is C16H21N3O4. The third kappa shape index (κ3) is 4.08. The van der Waals surface area contributed by atoms with Gasteiger partial charge in [0.05, 0.1) is 17.7 Å². The maximum atomic E-state index is 12.3. The molecule has 1 heterocycles. The number of ether oxygens (including phenoxy) is 2. The van der Waals surface area contributed by atoms with Crippen molar-refractivity contribution in [1.82, 2.24) is 10.3 Å². The summed E-state index contributed by atoms with van der Waals surface area (Å²) in [5, 5.41) is 3.52. The Bertz CT molecular complexity index is 755. The quantitative estimate of drug-likeness (QED) is 0.646. The Balaban J connectivity index is 2.48. The highest BCUT2D eigenvalue weighted by Gasteiger charge is 2.15. The van der Waals surface area contributed by atoms with E-state index < -0.39 is 0 Å². The van der Waals surface area contributed by atoms with Gasteiger partial charge in [0.2, 0.25) is 5.56 Å². The predicted octanol–water partition coefficient (Wildman–Crippen LogP) is 0.550. The van der Waals surface area contributed by atoms with Gasteiger partial charge in [-0.2, -0.15) is 0 Å². The molecule has 0 saturated heterocycles. The Kier molecular flexibility index (Phi) is 5.72. The van der Waals surface area contributed by atoms with Crippen LogP contribution in [0.5, 0.6) is 5.75 Å². The van der Waals surface area contributed by atoms with Crippen molar-refractivity contribution in [3.63, 3.8) is 0 Å². The van der Waals surface area contributed by atoms with E-state index in [2.05, 4.69) is 10.3 Å². The van der Waals surface area contributed by atoms with E-state index in [1.807, 2.05) is 6.92 Å². The minimum atomic E-state index is -0.268. The lowest BCUT2D eigenvalue weighted by molar-refractivity contribution is 0.0947. The van der Waals surface area contributed by atoms with Gasteiger partial charge in [0.15, 0.2) is 0 Å². The van der Waals surface area contributed by atoms with E-state index in [0.717, 1.165) is 10.9 Å². The van der Waals surface area contributed by atoms with Crippen molar-refractivity contribution in [2.75, 3.05) is 33.4 Å². The minimum Gasteiger partial charge on any atom is -0.490 e. The molecule has 7 nitrogen and oxygen atoms in total. The summed E-state index contributed by atoms with van der Waals surface area (Å²) in [5.41, 5.74) is 7.04. The van der Waals surface area contributed by atoms with Crippen LogP contribution in [-0.2, 0) is 4.74 Å². The van der Waals surface area contributed by atoms with E-state index in [1.165, 1.54) is 6.07 Å². The van der Waals surface area contributed by atoms with Crippen LogP contribution >= 0.6 is 0 Å². The van der Waals surface area contributed by atoms with Gasteiger partial charge in [0.25, 0.3) is 5.91 Å². The molecule has 1 amide bonds. The van der Waals surface area contributed by atoms with Crippen LogP contribution in [0.15, 0.2) is 23.0 Å². The Morgan fingerprint density at radius 2 is 2.09 bits per heavy atom. The van der Waals surface area contributed by atoms with Gasteiger partial charge in [-0.05, 0) is 18.6 Å². The highest BCUT2D eigenvalue weighted by Crippen LogP contribution is 2.26. The number of aryl methyl sites for hydroxylation is 1. The van der Waals surface area contributed by atoms with Crippen LogP contribution in [0.25, 0.3) is 10.9 Å². The van der Waals surface area contributed by atoms with Crippen molar-refractivity contribution in [1.29, 1.82) is 0 Å². The molecule has 1 aromatic heterocycles. The van der Waals surface area contributed by atoms with Crippen LogP contribution in [0, 0.1) is 6.92 Å². The summed E-state index contributed by atoms with van der Waals surface area (Å²) in [5.74, 6) is 0.126. The molecule has 0 fully saturated rings. The molecule has 23 heavy (non-hydrogen) atoms. The van der Waals surface area contributed by atoms with E-state index in [4.69, 9.17) is 15.2 Å². The average molecular weight is 319 g/mol. The van der Waals surface area contributed by atoms with Crippen molar-refractivity contribution in [3.05, 3.63) is 39.7 Å². The topological polar surface area (TPSA) is 106 Å². The Morgan fingerprint density at radius 1 is 1.30 bits per heavy atom. The fourth-order valence-corrected chi connectivity index (χ4v) is 2.27. The number of carbonyl (C=O) groups is 1. The largest absolute Gasteiger partial charge is 0.490 e. The van der Waals surface area contributed by atoms with Crippen LogP contribution in [0.2, 0.25) is 0 Å². The first-order valence-corrected chi connectivity index (χ1v) is 7.34. The monoisotopic (exact) mass is 319 g/mol. The second kappa shape index (κ2) is 7.75. The molecule has 0 atom stereocenters. The van der Waals surface area contributed by atoms with Gasteiger partial charge in [-0.3, -0.25) is 9.59 Å². The van der Waals surface area contributed by atoms with Gasteiger partial charge < -0.3 is 25.5 Å². The van der Waals surface area contributed by atoms with Crippen molar-refractivity contribution >= 4 is 16.8 Å². The van der Waals surface area contributed by atoms with Crippen LogP contribution in [0.3, 0.4) is 0 Å². The second-order valence-corrected chi connectivity index (χ2v) is 5.10. The maximum Gasteiger partial charge on any atom is 0.255 e. The number of methoxy groups -OCH3 is 1. The van der Waals surface area contributed by atoms with E-state index in [-0.39, 0.29) is 11.5 Å². The van der Waals surface area contributed by atoms with Crippen molar-refractivity contribution < 1.29 is 14.3 Å². The molecule has 7 heteroatoms. The number of pyridine rings is 1. The van der Waals surface area contributed by atoms with Gasteiger partial charge in [0.1, 0.15) is 12.4 Å². The number of aromatic amines is 1. The number of aromatic nitrogens is 1. The SMILES string of the molecule is COCCOc1cc2[nH]c(=O)cc(C)c2cc1C(=O)NCCN. The number of benzene rings is 1. The van der Waals surface area contributed by atoms with Crippen LogP contribution in [0.1, 0.15) is 15.9 Å². The summed E-state index contributed by atoms with van der Waals surface area (Å²) in [7, 11) is 1.57. The normalized spacial score (nSPS) is 10.7. The predicted molar refractivity (Wildman–Crippen MR) is 88.1 cm³/mol. The molecule has 2 aromatic rings. The third-order valence-electron chi connectivity index (χ3n) is 3.37. The molecule has 0 spiro atoms. The zero-order valence-corrected chi connectivity index (χ0v) is 13.3. The Hall–Kier alpha value is -2.38. The number of nitrogens with two attached hydrogens (primary N) is 1. The zero-order chi connectivity index (χ0) is 16.8. The smallest absolute Gasteiger partial charge is 0.255 e. The third-order valence-corrected chi connectivity index (χ3v) is 3.37. The first kappa shape index (κ1) is 17.0. The molecule has 0 unspecified atom stereocenters. The van der Waals surface area contributed by atoms with Gasteiger partial charge in [-0.1, -0.05) is 0 Å². The summed E-state index contributed by atoms with van der Waals surface area (Å²) in [6.07, 6.45) is 0. The lowest BCUT2D eigenvalue weighted by atomic mass is 10.1. The molecular weight excluding hydrogens is 298 g/mol. The molecule has 0 aliphatic heterocycles. The lowest BCUT2D eigenvalue weighted by Crippen LogP contribution is -2.29. The molecule has 0 aliphatic carbocycles. The number of rotatable bonds is 7. The number of hydrogen-bond donors (Lipinski definition) is 3. The standard InChI is InChI=1S/C16H21N3O4/c1-10-7-15(20)19-13-9-14(23-6-5-22-2)12(8-11(10)13)16(21)18-4-3-17/h7-9H,3-6,17H2,1-2H3,(H,18,21)(H,19,20). The summed E-state index contributed by atoms with van der Waals surface area (Å²) < 4.78 is 10.6. The van der Waals surface area contributed by atoms with Gasteiger partial charge in [0, 0.05) is 37.7 Å². The number of fused-ring (bicyclic) bond motifs is 1. The first-order chi connectivity index (χ1) is 11.1. The van der Waals surface area contributed by atoms with Crippen LogP contribution in [-0.4, -0.2) is 44.3 Å². The number of hydrogen-bond acceptors (Lipinski definition) is 5. The molecule has 0 bridgehead atoms. The number of amides is 1. The lowest BCUT2D eigenvalue weighted by Gasteiger charge is -2.13. The number of carbonyl (C=O) groups excluding carboxylic acids is 1. The van der Waals surface area contributed by atoms with Crippen molar-refractivity contribution in [2.24, 2.45) is 5.73 Å². The summed E-state index contributed by atoms with van der Waals surface area (Å²) in [6.45, 7) is 3.25. The van der Waals surface area contributed by atoms with Gasteiger partial charge in [-0.25, -0.2) is 0 Å². The molecule has 124 valence electrons. The fraction of sp³-hybridized carbons (Fsp3) is 0.375. The van der Waals surface area contributed by atoms with E-state index in [9.17, 15) is 9.59 Å². The van der Waals surface area contributed by atoms with Crippen LogP contribution in [0.4, 0.5) is 0 Å². The highest BCUT2D eigenvalue weighted by atomic mass is 16.5. The Morgan fingerprint density at radius 3 is 2.78 bits per heavy atom. The highest BCUT2D eigenvalue weighted by molar-refractivity contribution is 6.01. The molecule has 4 N–H and O–H groups in total. The summed E-state index contributed by atoms with van der Waals surface area (Å²) in [6, 6.07) is 4.88. The van der Waals surface area contributed by atoms with Crippen molar-refractivity contribution in [2.45, 2.75) is 6.92 Å². The first-order valence-electron chi connectivity index (χ1n) is 7.34. The van der Waals surface area contributed by atoms with Crippen LogP contribution < -0.4 is 21.3 Å². The number of nitrogens with one attached hydrogen (secondary N) is 2. The summed E-state index contributed by atoms with van der Waals surface area (Å²) >= 11 is 0. The van der Waals surface area contributed by atoms with E-state index >= 15 is 0 Å². The molecule has 1 aromatic carbocycles. The molecule has 0 aliphatic rings. The summed E-state index contributed by atoms with van der Waals surface area (Å²) in [4.78, 5) is 26.7. The van der Waals surface area contributed by atoms with Gasteiger partial charge >= 0.3 is 0 Å². The average Bonchev–Trinajstić information content (AvgIpc) is 2.52. The van der Waals surface area contributed by atoms with E-state index in [0.29, 0.717) is 43.1 Å². The van der Waals surface area contributed by atoms with Gasteiger partial charge in [-0.15, -0.1) is 0 Å². The zero-order valence-electron chi connectivity index (χ0n) is 13.3. The molecule has 2 rings (SSSR count). The molecule has 0 radical (unpaired) electrons. The minimum absolute atomic E-state index is 0.196. The van der Waals surface area contributed by atoms with E-state index in [1.54, 1.807) is 19.2 Å². The van der Waals surface area contributed by atoms with Crippen molar-refractivity contribution in [3.8, 4) is 5.75 Å². The maximum absolute atomic E-state index is 12.3. The second-order valence-electron chi connectivity index (χ2n) is 5.10.